The van der Waals surface area contributed by atoms with Crippen LogP contribution in [0.5, 0.6) is 0 Å². The minimum Gasteiger partial charge on any atom is -0.0988 e. The SMILES string of the molecule is C=CC1=C(c2cccc(C=C)c2C=C)C=CC1.CC. The maximum absolute atomic E-state index is 3.90. The molecule has 2 rings (SSSR count). The van der Waals surface area contributed by atoms with Crippen molar-refractivity contribution in [3.63, 3.8) is 0 Å². The van der Waals surface area contributed by atoms with Crippen LogP contribution >= 0.6 is 0 Å². The van der Waals surface area contributed by atoms with E-state index in [4.69, 9.17) is 0 Å². The molecule has 1 aromatic carbocycles. The molecule has 1 aliphatic rings. The average Bonchev–Trinajstić information content (AvgIpc) is 2.96. The highest BCUT2D eigenvalue weighted by Gasteiger charge is 2.12. The van der Waals surface area contributed by atoms with Crippen molar-refractivity contribution < 1.29 is 0 Å². The van der Waals surface area contributed by atoms with Crippen LogP contribution in [0.1, 0.15) is 37.0 Å². The largest absolute Gasteiger partial charge is 0.0988 e. The molecule has 0 saturated carbocycles. The lowest BCUT2D eigenvalue weighted by molar-refractivity contribution is 1.34. The smallest absolute Gasteiger partial charge is 0.00882 e. The van der Waals surface area contributed by atoms with Crippen LogP contribution in [-0.4, -0.2) is 0 Å². The molecule has 0 spiro atoms. The Labute approximate surface area is 117 Å². The van der Waals surface area contributed by atoms with Crippen molar-refractivity contribution in [1.29, 1.82) is 0 Å². The summed E-state index contributed by atoms with van der Waals surface area (Å²) < 4.78 is 0. The molecule has 0 heteroatoms. The van der Waals surface area contributed by atoms with E-state index in [1.807, 2.05) is 32.1 Å². The van der Waals surface area contributed by atoms with Gasteiger partial charge in [0.05, 0.1) is 0 Å². The van der Waals surface area contributed by atoms with Gasteiger partial charge in [0.1, 0.15) is 0 Å². The van der Waals surface area contributed by atoms with Gasteiger partial charge in [0.25, 0.3) is 0 Å². The summed E-state index contributed by atoms with van der Waals surface area (Å²) >= 11 is 0. The normalized spacial score (nSPS) is 12.7. The predicted octanol–water partition coefficient (Wildman–Crippen LogP) is 5.90. The van der Waals surface area contributed by atoms with Crippen LogP contribution in [0.2, 0.25) is 0 Å². The molecule has 0 aliphatic heterocycles. The molecule has 0 unspecified atom stereocenters. The molecule has 0 nitrogen and oxygen atoms in total. The summed E-state index contributed by atoms with van der Waals surface area (Å²) in [4.78, 5) is 0. The molecule has 98 valence electrons. The Morgan fingerprint density at radius 1 is 1.00 bits per heavy atom. The molecule has 0 bridgehead atoms. The molecule has 0 N–H and O–H groups in total. The fourth-order valence-electron chi connectivity index (χ4n) is 2.20. The first kappa shape index (κ1) is 15.0. The summed E-state index contributed by atoms with van der Waals surface area (Å²) in [5.74, 6) is 0. The standard InChI is InChI=1S/C17H16.C2H6/c1-4-13-9-8-12-17(15(13)6-3)16-11-7-10-14(16)5-2;1-2/h4-9,11-12H,1-3,10H2;1-2H3. The minimum atomic E-state index is 0.966. The van der Waals surface area contributed by atoms with Crippen LogP contribution in [-0.2, 0) is 0 Å². The van der Waals surface area contributed by atoms with E-state index in [9.17, 15) is 0 Å². The summed E-state index contributed by atoms with van der Waals surface area (Å²) in [6, 6.07) is 6.23. The van der Waals surface area contributed by atoms with Gasteiger partial charge in [-0.25, -0.2) is 0 Å². The number of allylic oxidation sites excluding steroid dienone is 5. The Kier molecular flexibility index (Phi) is 5.81. The fourth-order valence-corrected chi connectivity index (χ4v) is 2.20. The summed E-state index contributed by atoms with van der Waals surface area (Å²) in [6.45, 7) is 15.6. The van der Waals surface area contributed by atoms with Gasteiger partial charge in [0.2, 0.25) is 0 Å². The number of benzene rings is 1. The molecule has 0 amide bonds. The van der Waals surface area contributed by atoms with Crippen molar-refractivity contribution in [2.24, 2.45) is 0 Å². The fraction of sp³-hybridized carbons (Fsp3) is 0.158. The Balaban J connectivity index is 0.000000861. The van der Waals surface area contributed by atoms with Crippen LogP contribution in [0.3, 0.4) is 0 Å². The second kappa shape index (κ2) is 7.38. The number of hydrogen-bond acceptors (Lipinski definition) is 0. The van der Waals surface area contributed by atoms with E-state index in [2.05, 4.69) is 50.1 Å². The Hall–Kier alpha value is -2.08. The maximum atomic E-state index is 3.90. The van der Waals surface area contributed by atoms with Crippen LogP contribution in [0.25, 0.3) is 17.7 Å². The first-order chi connectivity index (χ1) is 9.31. The third kappa shape index (κ3) is 3.03. The minimum absolute atomic E-state index is 0.966. The molecular formula is C19H22. The monoisotopic (exact) mass is 250 g/mol. The van der Waals surface area contributed by atoms with Crippen LogP contribution in [0.4, 0.5) is 0 Å². The summed E-state index contributed by atoms with van der Waals surface area (Å²) in [7, 11) is 0. The molecule has 1 aromatic rings. The highest BCUT2D eigenvalue weighted by Crippen LogP contribution is 2.32. The van der Waals surface area contributed by atoms with Crippen molar-refractivity contribution in [1.82, 2.24) is 0 Å². The quantitative estimate of drug-likeness (QED) is 0.624. The van der Waals surface area contributed by atoms with E-state index >= 15 is 0 Å². The second-order valence-electron chi connectivity index (χ2n) is 3.97. The molecule has 0 fully saturated rings. The Bertz CT molecular complexity index is 539. The van der Waals surface area contributed by atoms with Gasteiger partial charge in [-0.3, -0.25) is 0 Å². The van der Waals surface area contributed by atoms with E-state index in [-0.39, 0.29) is 0 Å². The van der Waals surface area contributed by atoms with Crippen molar-refractivity contribution in [2.45, 2.75) is 20.3 Å². The van der Waals surface area contributed by atoms with Crippen molar-refractivity contribution >= 4 is 17.7 Å². The third-order valence-corrected chi connectivity index (χ3v) is 3.07. The Morgan fingerprint density at radius 2 is 1.74 bits per heavy atom. The molecule has 0 saturated heterocycles. The van der Waals surface area contributed by atoms with E-state index < -0.39 is 0 Å². The van der Waals surface area contributed by atoms with Gasteiger partial charge in [-0.1, -0.05) is 82.2 Å². The van der Waals surface area contributed by atoms with Gasteiger partial charge < -0.3 is 0 Å². The van der Waals surface area contributed by atoms with Crippen LogP contribution in [0.15, 0.2) is 61.7 Å². The molecule has 0 atom stereocenters. The second-order valence-corrected chi connectivity index (χ2v) is 3.97. The third-order valence-electron chi connectivity index (χ3n) is 3.07. The summed E-state index contributed by atoms with van der Waals surface area (Å²) in [6.07, 6.45) is 11.0. The van der Waals surface area contributed by atoms with E-state index in [0.29, 0.717) is 0 Å². The summed E-state index contributed by atoms with van der Waals surface area (Å²) in [5.41, 5.74) is 5.99. The van der Waals surface area contributed by atoms with E-state index in [0.717, 1.165) is 17.5 Å². The lowest BCUT2D eigenvalue weighted by Gasteiger charge is -2.11. The first-order valence-corrected chi connectivity index (χ1v) is 6.72. The zero-order chi connectivity index (χ0) is 14.3. The van der Waals surface area contributed by atoms with Crippen molar-refractivity contribution in [3.05, 3.63) is 78.4 Å². The highest BCUT2D eigenvalue weighted by molar-refractivity contribution is 5.87. The summed E-state index contributed by atoms with van der Waals surface area (Å²) in [5, 5.41) is 0. The van der Waals surface area contributed by atoms with E-state index in [1.165, 1.54) is 16.7 Å². The molecular weight excluding hydrogens is 228 g/mol. The lowest BCUT2D eigenvalue weighted by Crippen LogP contribution is -1.91. The van der Waals surface area contributed by atoms with Crippen molar-refractivity contribution in [3.8, 4) is 0 Å². The van der Waals surface area contributed by atoms with E-state index in [1.54, 1.807) is 0 Å². The number of rotatable bonds is 4. The van der Waals surface area contributed by atoms with Gasteiger partial charge in [0, 0.05) is 0 Å². The zero-order valence-corrected chi connectivity index (χ0v) is 11.9. The first-order valence-electron chi connectivity index (χ1n) is 6.72. The lowest BCUT2D eigenvalue weighted by atomic mass is 9.93. The molecule has 0 heterocycles. The van der Waals surface area contributed by atoms with Gasteiger partial charge in [-0.2, -0.15) is 0 Å². The van der Waals surface area contributed by atoms with Gasteiger partial charge in [-0.15, -0.1) is 0 Å². The predicted molar refractivity (Wildman–Crippen MR) is 88.8 cm³/mol. The topological polar surface area (TPSA) is 0 Å². The van der Waals surface area contributed by atoms with Gasteiger partial charge in [-0.05, 0) is 34.3 Å². The molecule has 19 heavy (non-hydrogen) atoms. The maximum Gasteiger partial charge on any atom is -0.00882 e. The van der Waals surface area contributed by atoms with Crippen LogP contribution < -0.4 is 0 Å². The highest BCUT2D eigenvalue weighted by atomic mass is 14.2. The molecule has 0 radical (unpaired) electrons. The van der Waals surface area contributed by atoms with Gasteiger partial charge in [0.15, 0.2) is 0 Å². The molecule has 1 aliphatic carbocycles. The molecule has 0 aromatic heterocycles. The van der Waals surface area contributed by atoms with Crippen molar-refractivity contribution in [2.75, 3.05) is 0 Å². The van der Waals surface area contributed by atoms with Gasteiger partial charge >= 0.3 is 0 Å². The Morgan fingerprint density at radius 3 is 2.32 bits per heavy atom. The average molecular weight is 250 g/mol. The number of hydrogen-bond donors (Lipinski definition) is 0. The zero-order valence-electron chi connectivity index (χ0n) is 11.9. The van der Waals surface area contributed by atoms with Crippen LogP contribution in [0, 0.1) is 0 Å².